The first-order chi connectivity index (χ1) is 10.4. The summed E-state index contributed by atoms with van der Waals surface area (Å²) in [6.45, 7) is 9.43. The van der Waals surface area contributed by atoms with E-state index < -0.39 is 0 Å². The molecule has 0 aromatic heterocycles. The van der Waals surface area contributed by atoms with Crippen LogP contribution in [-0.4, -0.2) is 39.1 Å². The molecule has 22 heavy (non-hydrogen) atoms. The molecule has 1 spiro atoms. The fourth-order valence-corrected chi connectivity index (χ4v) is 6.61. The molecule has 0 unspecified atom stereocenters. The monoisotopic (exact) mass is 299 g/mol. The van der Waals surface area contributed by atoms with Gasteiger partial charge in [-0.1, -0.05) is 12.1 Å². The molecule has 4 saturated heterocycles. The molecule has 2 N–H and O–H groups in total. The maximum absolute atomic E-state index is 13.4. The van der Waals surface area contributed by atoms with Gasteiger partial charge in [-0.05, 0) is 32.4 Å². The van der Waals surface area contributed by atoms with Gasteiger partial charge in [-0.2, -0.15) is 0 Å². The smallest absolute Gasteiger partial charge is 0.303 e. The highest BCUT2D eigenvalue weighted by molar-refractivity contribution is 6.05. The Labute approximate surface area is 131 Å². The highest BCUT2D eigenvalue weighted by Gasteiger charge is 2.75. The Hall–Kier alpha value is -1.39. The van der Waals surface area contributed by atoms with E-state index in [-0.39, 0.29) is 5.66 Å². The lowest BCUT2D eigenvalue weighted by atomic mass is 9.61. The molecule has 4 nitrogen and oxygen atoms in total. The van der Waals surface area contributed by atoms with Gasteiger partial charge in [0.25, 0.3) is 0 Å². The number of hydrogen-bond donors (Lipinski definition) is 2. The van der Waals surface area contributed by atoms with E-state index >= 15 is 0 Å². The summed E-state index contributed by atoms with van der Waals surface area (Å²) in [7, 11) is 1.95. The number of carbonyl (C=O) groups is 1. The van der Waals surface area contributed by atoms with E-state index in [1.165, 1.54) is 21.8 Å². The Morgan fingerprint density at radius 3 is 2.14 bits per heavy atom. The third-order valence-electron chi connectivity index (χ3n) is 6.77. The molecule has 5 aliphatic rings. The molecule has 0 saturated carbocycles. The molecule has 0 radical (unpaired) electrons. The second-order valence-corrected chi connectivity index (χ2v) is 8.84. The van der Waals surface area contributed by atoms with Crippen molar-refractivity contribution in [3.05, 3.63) is 29.8 Å². The lowest BCUT2D eigenvalue weighted by Gasteiger charge is -2.63. The molecular formula is C18H25N3O+2. The van der Waals surface area contributed by atoms with Crippen molar-refractivity contribution in [1.82, 2.24) is 0 Å². The van der Waals surface area contributed by atoms with Gasteiger partial charge in [0.15, 0.2) is 0 Å². The van der Waals surface area contributed by atoms with Crippen molar-refractivity contribution in [1.29, 1.82) is 0 Å². The first-order valence-electron chi connectivity index (χ1n) is 8.46. The zero-order valence-electron chi connectivity index (χ0n) is 13.7. The number of fused-ring (bicyclic) bond motifs is 1. The number of para-hydroxylation sites is 1. The van der Waals surface area contributed by atoms with Gasteiger partial charge in [-0.25, -0.2) is 0 Å². The molecule has 1 aromatic rings. The number of anilines is 1. The van der Waals surface area contributed by atoms with E-state index in [0.717, 1.165) is 31.9 Å². The predicted octanol–water partition coefficient (Wildman–Crippen LogP) is -0.971. The fraction of sp³-hybridized carbons (Fsp3) is 0.611. The van der Waals surface area contributed by atoms with Crippen molar-refractivity contribution >= 4 is 11.6 Å². The summed E-state index contributed by atoms with van der Waals surface area (Å²) < 4.78 is 0. The molecule has 4 heteroatoms. The normalized spacial score (nSPS) is 48.3. The first kappa shape index (κ1) is 13.1. The van der Waals surface area contributed by atoms with E-state index in [0.29, 0.717) is 16.7 Å². The van der Waals surface area contributed by atoms with Crippen LogP contribution in [-0.2, 0) is 10.5 Å². The number of nitrogens with zero attached hydrogens (tertiary/aromatic N) is 1. The van der Waals surface area contributed by atoms with Crippen molar-refractivity contribution in [3.63, 3.8) is 0 Å². The topological polar surface area (TPSA) is 29.2 Å². The van der Waals surface area contributed by atoms with Gasteiger partial charge >= 0.3 is 11.6 Å². The highest BCUT2D eigenvalue weighted by Crippen LogP contribution is 2.44. The van der Waals surface area contributed by atoms with Crippen LogP contribution in [0.2, 0.25) is 0 Å². The van der Waals surface area contributed by atoms with E-state index in [9.17, 15) is 4.79 Å². The van der Waals surface area contributed by atoms with Gasteiger partial charge in [0, 0.05) is 7.05 Å². The Kier molecular flexibility index (Phi) is 2.12. The van der Waals surface area contributed by atoms with Crippen molar-refractivity contribution in [2.75, 3.05) is 38.1 Å². The van der Waals surface area contributed by atoms with E-state index in [4.69, 9.17) is 0 Å². The number of quaternary nitrogens is 2. The zero-order valence-corrected chi connectivity index (χ0v) is 13.7. The number of benzene rings is 1. The van der Waals surface area contributed by atoms with Crippen molar-refractivity contribution in [3.8, 4) is 0 Å². The van der Waals surface area contributed by atoms with Crippen LogP contribution >= 0.6 is 0 Å². The lowest BCUT2D eigenvalue weighted by molar-refractivity contribution is -1.21. The third-order valence-corrected chi connectivity index (χ3v) is 6.77. The lowest BCUT2D eigenvalue weighted by Crippen LogP contribution is -3.48. The van der Waals surface area contributed by atoms with Gasteiger partial charge in [0.05, 0.1) is 42.7 Å². The van der Waals surface area contributed by atoms with Gasteiger partial charge in [0.2, 0.25) is 0 Å². The highest BCUT2D eigenvalue weighted by atomic mass is 16.2. The van der Waals surface area contributed by atoms with Crippen LogP contribution < -0.4 is 14.7 Å². The molecule has 1 aromatic carbocycles. The van der Waals surface area contributed by atoms with Gasteiger partial charge in [-0.15, -0.1) is 0 Å². The van der Waals surface area contributed by atoms with Gasteiger partial charge in [-0.3, -0.25) is 14.6 Å². The summed E-state index contributed by atoms with van der Waals surface area (Å²) in [4.78, 5) is 18.3. The SMILES string of the molecule is CN1C(=O)C2(c3ccccc31)[NH+]1CC3(C)C[NH+]2CC(C)(C1)C3. The summed E-state index contributed by atoms with van der Waals surface area (Å²) >= 11 is 0. The number of carbonyl (C=O) groups excluding carboxylic acids is 1. The summed E-state index contributed by atoms with van der Waals surface area (Å²) in [6, 6.07) is 8.46. The average Bonchev–Trinajstić information content (AvgIpc) is 2.65. The summed E-state index contributed by atoms with van der Waals surface area (Å²) in [6.07, 6.45) is 1.33. The van der Waals surface area contributed by atoms with Crippen LogP contribution in [0.15, 0.2) is 24.3 Å². The standard InChI is InChI=1S/C18H23N3O/c1-16-8-17(2)11-20(9-16)18(21(10-16)12-17)13-6-4-5-7-14(13)19(3)15(18)22/h4-7H,8-12H2,1-3H3/p+2. The molecule has 4 bridgehead atoms. The number of likely N-dealkylation sites (N-methyl/N-ethyl adjacent to an activating group) is 1. The molecule has 6 rings (SSSR count). The summed E-state index contributed by atoms with van der Waals surface area (Å²) in [5, 5.41) is 0. The second-order valence-electron chi connectivity index (χ2n) is 8.84. The second kappa shape index (κ2) is 3.57. The summed E-state index contributed by atoms with van der Waals surface area (Å²) in [5.41, 5.74) is 2.81. The van der Waals surface area contributed by atoms with Crippen LogP contribution in [0.25, 0.3) is 0 Å². The maximum atomic E-state index is 13.4. The Balaban J connectivity index is 1.75. The van der Waals surface area contributed by atoms with Crippen molar-refractivity contribution in [2.45, 2.75) is 25.9 Å². The maximum Gasteiger partial charge on any atom is 0.353 e. The van der Waals surface area contributed by atoms with E-state index in [1.807, 2.05) is 11.9 Å². The van der Waals surface area contributed by atoms with Crippen molar-refractivity contribution < 1.29 is 14.6 Å². The van der Waals surface area contributed by atoms with Crippen LogP contribution in [0.3, 0.4) is 0 Å². The predicted molar refractivity (Wildman–Crippen MR) is 83.8 cm³/mol. The largest absolute Gasteiger partial charge is 0.353 e. The van der Waals surface area contributed by atoms with Crippen LogP contribution in [0, 0.1) is 10.8 Å². The molecule has 0 atom stereocenters. The minimum atomic E-state index is -0.370. The number of rotatable bonds is 0. The minimum absolute atomic E-state index is 0.310. The number of amides is 1. The Morgan fingerprint density at radius 1 is 1.00 bits per heavy atom. The molecule has 5 heterocycles. The van der Waals surface area contributed by atoms with Gasteiger partial charge < -0.3 is 4.90 Å². The van der Waals surface area contributed by atoms with Crippen LogP contribution in [0.5, 0.6) is 0 Å². The van der Waals surface area contributed by atoms with Gasteiger partial charge in [0.1, 0.15) is 5.56 Å². The van der Waals surface area contributed by atoms with Crippen LogP contribution in [0.1, 0.15) is 25.8 Å². The fourth-order valence-electron chi connectivity index (χ4n) is 6.61. The molecule has 5 aliphatic heterocycles. The molecule has 116 valence electrons. The quantitative estimate of drug-likeness (QED) is 0.634. The molecular weight excluding hydrogens is 274 g/mol. The molecule has 0 aliphatic carbocycles. The average molecular weight is 299 g/mol. The zero-order chi connectivity index (χ0) is 15.3. The van der Waals surface area contributed by atoms with E-state index in [2.05, 4.69) is 38.1 Å². The molecule has 4 fully saturated rings. The first-order valence-corrected chi connectivity index (χ1v) is 8.46. The number of piperidine rings is 2. The third kappa shape index (κ3) is 1.26. The van der Waals surface area contributed by atoms with Crippen LogP contribution in [0.4, 0.5) is 5.69 Å². The summed E-state index contributed by atoms with van der Waals surface area (Å²) in [5.74, 6) is 0.310. The van der Waals surface area contributed by atoms with Crippen molar-refractivity contribution in [2.24, 2.45) is 10.8 Å². The number of nitrogens with one attached hydrogen (secondary N) is 2. The Bertz CT molecular complexity index is 661. The molecule has 1 amide bonds. The van der Waals surface area contributed by atoms with E-state index in [1.54, 1.807) is 0 Å². The number of hydrogen-bond acceptors (Lipinski definition) is 1. The Morgan fingerprint density at radius 2 is 1.55 bits per heavy atom. The minimum Gasteiger partial charge on any atom is -0.303 e.